The van der Waals surface area contributed by atoms with Gasteiger partial charge in [0, 0.05) is 17.1 Å². The first kappa shape index (κ1) is 14.6. The Labute approximate surface area is 121 Å². The minimum Gasteiger partial charge on any atom is -0.506 e. The maximum absolute atomic E-state index is 12.3. The number of rotatable bonds is 3. The van der Waals surface area contributed by atoms with Gasteiger partial charge in [-0.1, -0.05) is 22.4 Å². The van der Waals surface area contributed by atoms with E-state index in [1.165, 1.54) is 10.4 Å². The normalized spacial score (nSPS) is 21.3. The summed E-state index contributed by atoms with van der Waals surface area (Å²) in [6.45, 7) is 2.42. The van der Waals surface area contributed by atoms with E-state index >= 15 is 0 Å². The number of nitrogens with one attached hydrogen (secondary N) is 1. The molecule has 0 radical (unpaired) electrons. The molecule has 0 bridgehead atoms. The second kappa shape index (κ2) is 5.68. The predicted molar refractivity (Wildman–Crippen MR) is 78.4 cm³/mol. The van der Waals surface area contributed by atoms with Gasteiger partial charge in [0.2, 0.25) is 0 Å². The molecule has 2 N–H and O–H groups in total. The fraction of sp³-hybridized carbons (Fsp3) is 0.500. The number of phenolic OH excluding ortho intramolecular Hbond substituents is 1. The SMILES string of the molecule is CC1CCCCN1S(=O)(=O)Nc1cc(Br)ccc1O. The quantitative estimate of drug-likeness (QED) is 0.825. The lowest BCUT2D eigenvalue weighted by atomic mass is 10.1. The van der Waals surface area contributed by atoms with Crippen LogP contribution in [0.25, 0.3) is 0 Å². The van der Waals surface area contributed by atoms with Crippen molar-refractivity contribution in [3.63, 3.8) is 0 Å². The summed E-state index contributed by atoms with van der Waals surface area (Å²) in [5.41, 5.74) is 0.187. The van der Waals surface area contributed by atoms with E-state index in [9.17, 15) is 13.5 Å². The van der Waals surface area contributed by atoms with E-state index in [0.29, 0.717) is 11.0 Å². The summed E-state index contributed by atoms with van der Waals surface area (Å²) >= 11 is 3.25. The first-order chi connectivity index (χ1) is 8.90. The van der Waals surface area contributed by atoms with Gasteiger partial charge in [0.05, 0.1) is 5.69 Å². The van der Waals surface area contributed by atoms with Crippen LogP contribution in [-0.4, -0.2) is 30.4 Å². The third-order valence-corrected chi connectivity index (χ3v) is 5.38. The fourth-order valence-electron chi connectivity index (χ4n) is 2.22. The lowest BCUT2D eigenvalue weighted by molar-refractivity contribution is 0.270. The van der Waals surface area contributed by atoms with E-state index in [4.69, 9.17) is 0 Å². The molecule has 106 valence electrons. The van der Waals surface area contributed by atoms with Crippen molar-refractivity contribution in [2.24, 2.45) is 0 Å². The summed E-state index contributed by atoms with van der Waals surface area (Å²) in [4.78, 5) is 0. The van der Waals surface area contributed by atoms with Gasteiger partial charge < -0.3 is 5.11 Å². The van der Waals surface area contributed by atoms with Crippen LogP contribution in [0, 0.1) is 0 Å². The molecule has 5 nitrogen and oxygen atoms in total. The maximum atomic E-state index is 12.3. The summed E-state index contributed by atoms with van der Waals surface area (Å²) in [5.74, 6) is -0.0866. The van der Waals surface area contributed by atoms with E-state index in [1.54, 1.807) is 12.1 Å². The molecule has 0 saturated carbocycles. The van der Waals surface area contributed by atoms with Crippen LogP contribution in [0.3, 0.4) is 0 Å². The number of hydrogen-bond donors (Lipinski definition) is 2. The van der Waals surface area contributed by atoms with E-state index < -0.39 is 10.2 Å². The number of anilines is 1. The Morgan fingerprint density at radius 2 is 2.16 bits per heavy atom. The number of benzene rings is 1. The summed E-state index contributed by atoms with van der Waals surface area (Å²) in [6, 6.07) is 4.63. The molecule has 1 aromatic rings. The molecule has 1 aliphatic heterocycles. The first-order valence-electron chi connectivity index (χ1n) is 6.18. The Balaban J connectivity index is 2.23. The number of nitrogens with zero attached hydrogens (tertiary/aromatic N) is 1. The number of hydrogen-bond acceptors (Lipinski definition) is 3. The number of aromatic hydroxyl groups is 1. The van der Waals surface area contributed by atoms with Crippen molar-refractivity contribution in [2.45, 2.75) is 32.2 Å². The summed E-state index contributed by atoms with van der Waals surface area (Å²) < 4.78 is 29.2. The minimum atomic E-state index is -3.62. The van der Waals surface area contributed by atoms with Crippen LogP contribution in [0.1, 0.15) is 26.2 Å². The lowest BCUT2D eigenvalue weighted by Crippen LogP contribution is -2.44. The van der Waals surface area contributed by atoms with Crippen LogP contribution in [0.4, 0.5) is 5.69 Å². The summed E-state index contributed by atoms with van der Waals surface area (Å²) in [6.07, 6.45) is 2.79. The zero-order chi connectivity index (χ0) is 14.0. The zero-order valence-electron chi connectivity index (χ0n) is 10.6. The minimum absolute atomic E-state index is 0.0134. The van der Waals surface area contributed by atoms with E-state index in [-0.39, 0.29) is 17.5 Å². The van der Waals surface area contributed by atoms with Crippen LogP contribution >= 0.6 is 15.9 Å². The number of halogens is 1. The average molecular weight is 349 g/mol. The Morgan fingerprint density at radius 1 is 1.42 bits per heavy atom. The lowest BCUT2D eigenvalue weighted by Gasteiger charge is -2.32. The van der Waals surface area contributed by atoms with Crippen molar-refractivity contribution in [1.82, 2.24) is 4.31 Å². The Hall–Kier alpha value is -0.790. The molecule has 0 spiro atoms. The van der Waals surface area contributed by atoms with Crippen LogP contribution in [0.2, 0.25) is 0 Å². The third-order valence-electron chi connectivity index (χ3n) is 3.25. The molecule has 7 heteroatoms. The molecule has 0 amide bonds. The van der Waals surface area contributed by atoms with Crippen molar-refractivity contribution in [1.29, 1.82) is 0 Å². The molecular formula is C12H17BrN2O3S. The standard InChI is InChI=1S/C12H17BrN2O3S/c1-9-4-2-3-7-15(9)19(17,18)14-11-8-10(13)5-6-12(11)16/h5-6,8-9,14,16H,2-4,7H2,1H3. The number of phenols is 1. The summed E-state index contributed by atoms with van der Waals surface area (Å²) in [5, 5.41) is 9.70. The molecule has 0 aromatic heterocycles. The topological polar surface area (TPSA) is 69.6 Å². The summed E-state index contributed by atoms with van der Waals surface area (Å²) in [7, 11) is -3.62. The van der Waals surface area contributed by atoms with E-state index in [0.717, 1.165) is 19.3 Å². The predicted octanol–water partition coefficient (Wildman–Crippen LogP) is 2.69. The largest absolute Gasteiger partial charge is 0.506 e. The first-order valence-corrected chi connectivity index (χ1v) is 8.41. The van der Waals surface area contributed by atoms with Crippen LogP contribution in [0.5, 0.6) is 5.75 Å². The van der Waals surface area contributed by atoms with Crippen LogP contribution < -0.4 is 4.72 Å². The molecule has 1 fully saturated rings. The number of piperidine rings is 1. The molecule has 1 saturated heterocycles. The maximum Gasteiger partial charge on any atom is 0.302 e. The van der Waals surface area contributed by atoms with Gasteiger partial charge in [0.1, 0.15) is 5.75 Å². The Bertz CT molecular complexity index is 562. The highest BCUT2D eigenvalue weighted by molar-refractivity contribution is 9.10. The molecule has 1 heterocycles. The third kappa shape index (κ3) is 3.40. The van der Waals surface area contributed by atoms with Crippen molar-refractivity contribution in [3.8, 4) is 5.75 Å². The van der Waals surface area contributed by atoms with Gasteiger partial charge in [-0.2, -0.15) is 12.7 Å². The highest BCUT2D eigenvalue weighted by Crippen LogP contribution is 2.29. The van der Waals surface area contributed by atoms with Gasteiger partial charge in [-0.15, -0.1) is 0 Å². The van der Waals surface area contributed by atoms with Gasteiger partial charge in [0.25, 0.3) is 0 Å². The second-order valence-corrected chi connectivity index (χ2v) is 7.26. The van der Waals surface area contributed by atoms with Gasteiger partial charge >= 0.3 is 10.2 Å². The second-order valence-electron chi connectivity index (χ2n) is 4.72. The average Bonchev–Trinajstić information content (AvgIpc) is 2.34. The van der Waals surface area contributed by atoms with E-state index in [1.807, 2.05) is 6.92 Å². The van der Waals surface area contributed by atoms with Gasteiger partial charge in [-0.05, 0) is 38.0 Å². The van der Waals surface area contributed by atoms with Crippen molar-refractivity contribution in [3.05, 3.63) is 22.7 Å². The highest BCUT2D eigenvalue weighted by atomic mass is 79.9. The van der Waals surface area contributed by atoms with Crippen molar-refractivity contribution < 1.29 is 13.5 Å². The molecule has 1 aliphatic rings. The van der Waals surface area contributed by atoms with Crippen LogP contribution in [0.15, 0.2) is 22.7 Å². The monoisotopic (exact) mass is 348 g/mol. The molecule has 0 aliphatic carbocycles. The van der Waals surface area contributed by atoms with Gasteiger partial charge in [0.15, 0.2) is 0 Å². The molecule has 1 aromatic carbocycles. The molecule has 2 rings (SSSR count). The molecule has 19 heavy (non-hydrogen) atoms. The van der Waals surface area contributed by atoms with Gasteiger partial charge in [-0.3, -0.25) is 4.72 Å². The van der Waals surface area contributed by atoms with E-state index in [2.05, 4.69) is 20.7 Å². The molecule has 1 unspecified atom stereocenters. The van der Waals surface area contributed by atoms with Crippen molar-refractivity contribution in [2.75, 3.05) is 11.3 Å². The smallest absolute Gasteiger partial charge is 0.302 e. The van der Waals surface area contributed by atoms with Crippen LogP contribution in [-0.2, 0) is 10.2 Å². The Kier molecular flexibility index (Phi) is 4.37. The molecular weight excluding hydrogens is 332 g/mol. The van der Waals surface area contributed by atoms with Crippen molar-refractivity contribution >= 4 is 31.8 Å². The zero-order valence-corrected chi connectivity index (χ0v) is 13.0. The molecule has 1 atom stereocenters. The highest BCUT2D eigenvalue weighted by Gasteiger charge is 2.29. The van der Waals surface area contributed by atoms with Gasteiger partial charge in [-0.25, -0.2) is 0 Å². The fourth-order valence-corrected chi connectivity index (χ4v) is 4.08. The Morgan fingerprint density at radius 3 is 2.84 bits per heavy atom.